The minimum Gasteiger partial charge on any atom is -0.233 e. The van der Waals surface area contributed by atoms with Crippen LogP contribution in [0.5, 0.6) is 0 Å². The van der Waals surface area contributed by atoms with Crippen LogP contribution < -0.4 is 0 Å². The van der Waals surface area contributed by atoms with Crippen LogP contribution in [0.15, 0.2) is 48.5 Å². The largest absolute Gasteiger partial charge is 0.233 e. The van der Waals surface area contributed by atoms with Gasteiger partial charge in [-0.05, 0) is 18.1 Å². The predicted molar refractivity (Wildman–Crippen MR) is 59.1 cm³/mol. The van der Waals surface area contributed by atoms with Gasteiger partial charge in [0.05, 0.1) is 0 Å². The van der Waals surface area contributed by atoms with Crippen molar-refractivity contribution in [1.29, 1.82) is 0 Å². The van der Waals surface area contributed by atoms with Gasteiger partial charge in [0.2, 0.25) is 0 Å². The van der Waals surface area contributed by atoms with E-state index in [2.05, 4.69) is 6.92 Å². The minimum atomic E-state index is -1.59. The summed E-state index contributed by atoms with van der Waals surface area (Å²) in [5, 5.41) is 0. The first-order valence-electron chi connectivity index (χ1n) is 4.95. The van der Waals surface area contributed by atoms with Gasteiger partial charge in [-0.1, -0.05) is 48.5 Å². The van der Waals surface area contributed by atoms with Crippen LogP contribution in [0.1, 0.15) is 11.1 Å². The van der Waals surface area contributed by atoms with Crippen LogP contribution in [-0.2, 0) is 5.67 Å². The molecule has 1 aliphatic carbocycles. The molecule has 0 saturated carbocycles. The number of benzene rings is 2. The van der Waals surface area contributed by atoms with Crippen LogP contribution in [0.2, 0.25) is 0 Å². The second kappa shape index (κ2) is 2.69. The van der Waals surface area contributed by atoms with Crippen LogP contribution in [0, 0.1) is 6.92 Å². The lowest BCUT2D eigenvalue weighted by molar-refractivity contribution is 0.297. The summed E-state index contributed by atoms with van der Waals surface area (Å²) in [6.45, 7) is 3.69. The molecule has 1 heteroatoms. The maximum atomic E-state index is 14.5. The highest BCUT2D eigenvalue weighted by Gasteiger charge is 2.38. The molecule has 0 aromatic heterocycles. The Labute approximate surface area is 88.4 Å². The van der Waals surface area contributed by atoms with Gasteiger partial charge in [0.15, 0.2) is 5.67 Å². The number of alkyl halides is 1. The van der Waals surface area contributed by atoms with Crippen molar-refractivity contribution in [1.82, 2.24) is 0 Å². The fourth-order valence-corrected chi connectivity index (χ4v) is 2.27. The standard InChI is InChI=1S/C14H10F/c1-14(15)12-8-4-2-6-10(12)11-7-3-5-9-13(11)14/h2-9H,1H2. The molecule has 0 spiro atoms. The molecule has 1 aliphatic rings. The van der Waals surface area contributed by atoms with Crippen molar-refractivity contribution in [3.05, 3.63) is 66.6 Å². The molecule has 0 fully saturated rings. The molecule has 3 rings (SSSR count). The van der Waals surface area contributed by atoms with Gasteiger partial charge in [-0.2, -0.15) is 0 Å². The normalized spacial score (nSPS) is 15.9. The lowest BCUT2D eigenvalue weighted by atomic mass is 9.96. The number of hydrogen-bond donors (Lipinski definition) is 0. The van der Waals surface area contributed by atoms with Crippen molar-refractivity contribution >= 4 is 0 Å². The maximum Gasteiger partial charge on any atom is 0.162 e. The molecule has 0 N–H and O–H groups in total. The van der Waals surface area contributed by atoms with Crippen molar-refractivity contribution in [2.24, 2.45) is 0 Å². The zero-order valence-corrected chi connectivity index (χ0v) is 8.20. The van der Waals surface area contributed by atoms with E-state index >= 15 is 0 Å². The molecule has 1 radical (unpaired) electrons. The second-order valence-corrected chi connectivity index (χ2v) is 3.89. The van der Waals surface area contributed by atoms with Crippen molar-refractivity contribution in [2.45, 2.75) is 5.67 Å². The van der Waals surface area contributed by atoms with E-state index in [1.165, 1.54) is 0 Å². The van der Waals surface area contributed by atoms with E-state index in [9.17, 15) is 4.39 Å². The molecule has 0 heterocycles. The third-order valence-corrected chi connectivity index (χ3v) is 3.00. The average Bonchev–Trinajstić information content (AvgIpc) is 2.51. The molecule has 0 amide bonds. The SMILES string of the molecule is [CH2]C1(F)c2ccccc2-c2ccccc21. The highest BCUT2D eigenvalue weighted by molar-refractivity contribution is 5.80. The zero-order chi connectivity index (χ0) is 10.5. The predicted octanol–water partition coefficient (Wildman–Crippen LogP) is 3.71. The average molecular weight is 197 g/mol. The van der Waals surface area contributed by atoms with E-state index in [0.717, 1.165) is 11.1 Å². The van der Waals surface area contributed by atoms with E-state index in [-0.39, 0.29) is 0 Å². The zero-order valence-electron chi connectivity index (χ0n) is 8.20. The van der Waals surface area contributed by atoms with E-state index in [1.54, 1.807) is 0 Å². The Morgan fingerprint density at radius 3 is 1.67 bits per heavy atom. The van der Waals surface area contributed by atoms with Gasteiger partial charge in [0.25, 0.3) is 0 Å². The third kappa shape index (κ3) is 1.01. The summed E-state index contributed by atoms with van der Waals surface area (Å²) in [4.78, 5) is 0. The Morgan fingerprint density at radius 1 is 0.800 bits per heavy atom. The van der Waals surface area contributed by atoms with Gasteiger partial charge in [0.1, 0.15) is 0 Å². The molecular weight excluding hydrogens is 187 g/mol. The van der Waals surface area contributed by atoms with Crippen molar-refractivity contribution in [3.63, 3.8) is 0 Å². The highest BCUT2D eigenvalue weighted by Crippen LogP contribution is 2.48. The van der Waals surface area contributed by atoms with E-state index in [1.807, 2.05) is 48.5 Å². The van der Waals surface area contributed by atoms with E-state index < -0.39 is 5.67 Å². The maximum absolute atomic E-state index is 14.5. The van der Waals surface area contributed by atoms with Crippen LogP contribution in [0.3, 0.4) is 0 Å². The number of fused-ring (bicyclic) bond motifs is 3. The Balaban J connectivity index is 2.42. The summed E-state index contributed by atoms with van der Waals surface area (Å²) >= 11 is 0. The first kappa shape index (κ1) is 8.66. The molecule has 2 aromatic carbocycles. The summed E-state index contributed by atoms with van der Waals surface area (Å²) in [5.74, 6) is 0. The van der Waals surface area contributed by atoms with Crippen molar-refractivity contribution in [3.8, 4) is 11.1 Å². The number of rotatable bonds is 0. The molecular formula is C14H10F. The summed E-state index contributed by atoms with van der Waals surface area (Å²) in [6.07, 6.45) is 0. The molecule has 0 nitrogen and oxygen atoms in total. The lowest BCUT2D eigenvalue weighted by Gasteiger charge is -2.15. The molecule has 0 atom stereocenters. The van der Waals surface area contributed by atoms with Crippen LogP contribution >= 0.6 is 0 Å². The van der Waals surface area contributed by atoms with Gasteiger partial charge < -0.3 is 0 Å². The third-order valence-electron chi connectivity index (χ3n) is 3.00. The van der Waals surface area contributed by atoms with E-state index in [0.29, 0.717) is 11.1 Å². The van der Waals surface area contributed by atoms with Gasteiger partial charge >= 0.3 is 0 Å². The van der Waals surface area contributed by atoms with Crippen molar-refractivity contribution in [2.75, 3.05) is 0 Å². The van der Waals surface area contributed by atoms with Gasteiger partial charge in [-0.25, -0.2) is 4.39 Å². The first-order chi connectivity index (χ1) is 7.21. The number of hydrogen-bond acceptors (Lipinski definition) is 0. The Morgan fingerprint density at radius 2 is 1.20 bits per heavy atom. The Kier molecular flexibility index (Phi) is 1.55. The Bertz CT molecular complexity index is 479. The molecule has 2 aromatic rings. The Hall–Kier alpha value is -1.63. The summed E-state index contributed by atoms with van der Waals surface area (Å²) in [7, 11) is 0. The summed E-state index contributed by atoms with van der Waals surface area (Å²) < 4.78 is 14.5. The fourth-order valence-electron chi connectivity index (χ4n) is 2.27. The van der Waals surface area contributed by atoms with Crippen LogP contribution in [0.25, 0.3) is 11.1 Å². The second-order valence-electron chi connectivity index (χ2n) is 3.89. The minimum absolute atomic E-state index is 0.672. The molecule has 15 heavy (non-hydrogen) atoms. The summed E-state index contributed by atoms with van der Waals surface area (Å²) in [5.41, 5.74) is 1.68. The molecule has 0 aliphatic heterocycles. The van der Waals surface area contributed by atoms with Crippen molar-refractivity contribution < 1.29 is 4.39 Å². The van der Waals surface area contributed by atoms with Gasteiger partial charge in [-0.3, -0.25) is 0 Å². The van der Waals surface area contributed by atoms with E-state index in [4.69, 9.17) is 0 Å². The fraction of sp³-hybridized carbons (Fsp3) is 0.0714. The number of halogens is 1. The lowest BCUT2D eigenvalue weighted by Crippen LogP contribution is -2.12. The highest BCUT2D eigenvalue weighted by atomic mass is 19.1. The van der Waals surface area contributed by atoms with Crippen LogP contribution in [0.4, 0.5) is 4.39 Å². The monoisotopic (exact) mass is 197 g/mol. The van der Waals surface area contributed by atoms with Gasteiger partial charge in [0, 0.05) is 11.1 Å². The van der Waals surface area contributed by atoms with Crippen LogP contribution in [-0.4, -0.2) is 0 Å². The quantitative estimate of drug-likeness (QED) is 0.604. The molecule has 0 bridgehead atoms. The molecule has 0 saturated heterocycles. The smallest absolute Gasteiger partial charge is 0.162 e. The first-order valence-corrected chi connectivity index (χ1v) is 4.95. The summed E-state index contributed by atoms with van der Waals surface area (Å²) in [6, 6.07) is 15.1. The van der Waals surface area contributed by atoms with Gasteiger partial charge in [-0.15, -0.1) is 0 Å². The molecule has 73 valence electrons. The topological polar surface area (TPSA) is 0 Å². The molecule has 0 unspecified atom stereocenters.